The molecule has 1 aliphatic carbocycles. The molecule has 2 aliphatic rings. The first-order valence-corrected chi connectivity index (χ1v) is 11.9. The minimum Gasteiger partial charge on any atom is -0.484 e. The molecule has 1 saturated carbocycles. The monoisotopic (exact) mass is 421 g/mol. The molecule has 166 valence electrons. The van der Waals surface area contributed by atoms with Gasteiger partial charge in [-0.15, -0.1) is 0 Å². The Morgan fingerprint density at radius 3 is 2.65 bits per heavy atom. The SMILES string of the molecule is O=C(COc1ccccc1)N(Cc1cccnc1)C[C@H]1CCCN(C2CCCCC2)C1. The number of hydrogen-bond donors (Lipinski definition) is 0. The number of aromatic nitrogens is 1. The molecule has 1 atom stereocenters. The van der Waals surface area contributed by atoms with Gasteiger partial charge in [-0.3, -0.25) is 9.78 Å². The van der Waals surface area contributed by atoms with Crippen molar-refractivity contribution < 1.29 is 9.53 Å². The lowest BCUT2D eigenvalue weighted by Gasteiger charge is -2.41. The van der Waals surface area contributed by atoms with Crippen molar-refractivity contribution in [2.45, 2.75) is 57.5 Å². The zero-order chi connectivity index (χ0) is 21.3. The van der Waals surface area contributed by atoms with Crippen LogP contribution < -0.4 is 4.74 Å². The summed E-state index contributed by atoms with van der Waals surface area (Å²) in [5, 5.41) is 0. The summed E-state index contributed by atoms with van der Waals surface area (Å²) >= 11 is 0. The third-order valence-electron chi connectivity index (χ3n) is 6.67. The topological polar surface area (TPSA) is 45.7 Å². The Morgan fingerprint density at radius 2 is 1.87 bits per heavy atom. The van der Waals surface area contributed by atoms with Crippen LogP contribution in [0.3, 0.4) is 0 Å². The van der Waals surface area contributed by atoms with Gasteiger partial charge in [0.1, 0.15) is 5.75 Å². The summed E-state index contributed by atoms with van der Waals surface area (Å²) in [4.78, 5) is 22.1. The number of rotatable bonds is 8. The normalized spacial score (nSPS) is 20.3. The fourth-order valence-corrected chi connectivity index (χ4v) is 5.06. The van der Waals surface area contributed by atoms with E-state index in [4.69, 9.17) is 4.74 Å². The van der Waals surface area contributed by atoms with Gasteiger partial charge in [-0.25, -0.2) is 0 Å². The first kappa shape index (κ1) is 21.8. The Morgan fingerprint density at radius 1 is 1.03 bits per heavy atom. The summed E-state index contributed by atoms with van der Waals surface area (Å²) in [5.74, 6) is 1.30. The first-order valence-electron chi connectivity index (χ1n) is 11.9. The third-order valence-corrected chi connectivity index (χ3v) is 6.67. The molecule has 2 aromatic rings. The Bertz CT molecular complexity index is 793. The largest absolute Gasteiger partial charge is 0.484 e. The van der Waals surface area contributed by atoms with Crippen LogP contribution in [0.1, 0.15) is 50.5 Å². The summed E-state index contributed by atoms with van der Waals surface area (Å²) in [6, 6.07) is 14.3. The van der Waals surface area contributed by atoms with Crippen molar-refractivity contribution in [1.82, 2.24) is 14.8 Å². The van der Waals surface area contributed by atoms with E-state index in [0.717, 1.165) is 30.4 Å². The maximum Gasteiger partial charge on any atom is 0.260 e. The summed E-state index contributed by atoms with van der Waals surface area (Å²) < 4.78 is 5.77. The van der Waals surface area contributed by atoms with Crippen LogP contribution in [0.25, 0.3) is 0 Å². The number of hydrogen-bond acceptors (Lipinski definition) is 4. The molecule has 1 aromatic carbocycles. The number of ether oxygens (including phenoxy) is 1. The summed E-state index contributed by atoms with van der Waals surface area (Å²) in [5.41, 5.74) is 1.07. The zero-order valence-electron chi connectivity index (χ0n) is 18.5. The number of para-hydroxylation sites is 1. The van der Waals surface area contributed by atoms with Crippen LogP contribution in [0.2, 0.25) is 0 Å². The maximum absolute atomic E-state index is 13.1. The van der Waals surface area contributed by atoms with Crippen LogP contribution in [0, 0.1) is 5.92 Å². The minimum atomic E-state index is 0.0440. The molecule has 31 heavy (non-hydrogen) atoms. The molecule has 5 heteroatoms. The predicted molar refractivity (Wildman–Crippen MR) is 123 cm³/mol. The summed E-state index contributed by atoms with van der Waals surface area (Å²) in [7, 11) is 0. The minimum absolute atomic E-state index is 0.0440. The molecule has 0 N–H and O–H groups in total. The van der Waals surface area contributed by atoms with Gasteiger partial charge in [0.05, 0.1) is 0 Å². The Kier molecular flexibility index (Phi) is 7.94. The molecule has 1 saturated heterocycles. The number of likely N-dealkylation sites (tertiary alicyclic amines) is 1. The van der Waals surface area contributed by atoms with Gasteiger partial charge in [0, 0.05) is 38.1 Å². The van der Waals surface area contributed by atoms with E-state index >= 15 is 0 Å². The van der Waals surface area contributed by atoms with Gasteiger partial charge >= 0.3 is 0 Å². The maximum atomic E-state index is 13.1. The van der Waals surface area contributed by atoms with Gasteiger partial charge < -0.3 is 14.5 Å². The molecule has 0 spiro atoms. The number of pyridine rings is 1. The molecular weight excluding hydrogens is 386 g/mol. The van der Waals surface area contributed by atoms with E-state index in [1.807, 2.05) is 53.6 Å². The molecule has 0 radical (unpaired) electrons. The van der Waals surface area contributed by atoms with Crippen molar-refractivity contribution in [2.75, 3.05) is 26.2 Å². The number of benzene rings is 1. The number of piperidine rings is 1. The van der Waals surface area contributed by atoms with E-state index in [9.17, 15) is 4.79 Å². The lowest BCUT2D eigenvalue weighted by molar-refractivity contribution is -0.135. The van der Waals surface area contributed by atoms with Gasteiger partial charge in [-0.2, -0.15) is 0 Å². The van der Waals surface area contributed by atoms with Gasteiger partial charge in [0.2, 0.25) is 0 Å². The van der Waals surface area contributed by atoms with Crippen LogP contribution in [0.4, 0.5) is 0 Å². The van der Waals surface area contributed by atoms with Crippen LogP contribution in [-0.2, 0) is 11.3 Å². The summed E-state index contributed by atoms with van der Waals surface area (Å²) in [6.45, 7) is 3.78. The first-order chi connectivity index (χ1) is 15.3. The standard InChI is InChI=1S/C26H35N3O2/c30-26(21-31-25-13-5-2-6-14-25)29(18-22-9-7-15-27-17-22)20-23-10-8-16-28(19-23)24-11-3-1-4-12-24/h2,5-7,9,13-15,17,23-24H,1,3-4,8,10-12,16,18-21H2/t23-/m0/s1. The molecule has 1 aromatic heterocycles. The highest BCUT2D eigenvalue weighted by Crippen LogP contribution is 2.27. The van der Waals surface area contributed by atoms with Crippen molar-refractivity contribution in [3.8, 4) is 5.75 Å². The molecular formula is C26H35N3O2. The molecule has 4 rings (SSSR count). The molecule has 2 heterocycles. The molecule has 2 fully saturated rings. The van der Waals surface area contributed by atoms with E-state index in [-0.39, 0.29) is 12.5 Å². The van der Waals surface area contributed by atoms with Gasteiger partial charge in [-0.05, 0) is 61.9 Å². The van der Waals surface area contributed by atoms with Crippen molar-refractivity contribution in [1.29, 1.82) is 0 Å². The smallest absolute Gasteiger partial charge is 0.260 e. The number of nitrogens with zero attached hydrogens (tertiary/aromatic N) is 3. The lowest BCUT2D eigenvalue weighted by atomic mass is 9.90. The van der Waals surface area contributed by atoms with Crippen molar-refractivity contribution in [3.05, 3.63) is 60.4 Å². The van der Waals surface area contributed by atoms with E-state index in [1.54, 1.807) is 6.20 Å². The molecule has 1 amide bonds. The van der Waals surface area contributed by atoms with Crippen LogP contribution in [-0.4, -0.2) is 53.0 Å². The van der Waals surface area contributed by atoms with Crippen molar-refractivity contribution >= 4 is 5.91 Å². The van der Waals surface area contributed by atoms with Crippen LogP contribution in [0.15, 0.2) is 54.9 Å². The van der Waals surface area contributed by atoms with Gasteiger partial charge in [0.25, 0.3) is 5.91 Å². The molecule has 5 nitrogen and oxygen atoms in total. The number of carbonyl (C=O) groups excluding carboxylic acids is 1. The highest BCUT2D eigenvalue weighted by atomic mass is 16.5. The highest BCUT2D eigenvalue weighted by Gasteiger charge is 2.29. The Hall–Kier alpha value is -2.40. The average Bonchev–Trinajstić information content (AvgIpc) is 2.84. The number of carbonyl (C=O) groups is 1. The molecule has 1 aliphatic heterocycles. The highest BCUT2D eigenvalue weighted by molar-refractivity contribution is 5.77. The van der Waals surface area contributed by atoms with Crippen molar-refractivity contribution in [3.63, 3.8) is 0 Å². The third kappa shape index (κ3) is 6.54. The van der Waals surface area contributed by atoms with E-state index in [2.05, 4.69) is 9.88 Å². The van der Waals surface area contributed by atoms with Crippen LogP contribution in [0.5, 0.6) is 5.75 Å². The Balaban J connectivity index is 1.38. The van der Waals surface area contributed by atoms with E-state index < -0.39 is 0 Å². The fraction of sp³-hybridized carbons (Fsp3) is 0.538. The van der Waals surface area contributed by atoms with Gasteiger partial charge in [0.15, 0.2) is 6.61 Å². The molecule has 0 bridgehead atoms. The second-order valence-corrected chi connectivity index (χ2v) is 9.03. The van der Waals surface area contributed by atoms with Gasteiger partial charge in [-0.1, -0.05) is 43.5 Å². The van der Waals surface area contributed by atoms with Crippen molar-refractivity contribution in [2.24, 2.45) is 5.92 Å². The van der Waals surface area contributed by atoms with E-state index in [1.165, 1.54) is 51.5 Å². The average molecular weight is 422 g/mol. The zero-order valence-corrected chi connectivity index (χ0v) is 18.5. The Labute approximate surface area is 186 Å². The quantitative estimate of drug-likeness (QED) is 0.628. The predicted octanol–water partition coefficient (Wildman–Crippen LogP) is 4.53. The molecule has 0 unspecified atom stereocenters. The summed E-state index contributed by atoms with van der Waals surface area (Å²) in [6.07, 6.45) is 12.9. The van der Waals surface area contributed by atoms with Crippen LogP contribution >= 0.6 is 0 Å². The lowest BCUT2D eigenvalue weighted by Crippen LogP contribution is -2.47. The second kappa shape index (κ2) is 11.3. The number of amides is 1. The van der Waals surface area contributed by atoms with E-state index in [0.29, 0.717) is 12.5 Å². The second-order valence-electron chi connectivity index (χ2n) is 9.03. The fourth-order valence-electron chi connectivity index (χ4n) is 5.06.